The third-order valence-electron chi connectivity index (χ3n) is 2.87. The van der Waals surface area contributed by atoms with E-state index in [1.807, 2.05) is 0 Å². The van der Waals surface area contributed by atoms with Gasteiger partial charge in [-0.05, 0) is 24.6 Å². The molecule has 3 nitrogen and oxygen atoms in total. The fourth-order valence-electron chi connectivity index (χ4n) is 1.85. The summed E-state index contributed by atoms with van der Waals surface area (Å²) in [4.78, 5) is 3.78. The van der Waals surface area contributed by atoms with Crippen LogP contribution in [0.15, 0.2) is 24.4 Å². The number of hydrogen-bond acceptors (Lipinski definition) is 3. The molecule has 6 heteroatoms. The Morgan fingerprint density at radius 1 is 1.16 bits per heavy atom. The van der Waals surface area contributed by atoms with Crippen molar-refractivity contribution in [1.82, 2.24) is 4.98 Å². The van der Waals surface area contributed by atoms with Crippen LogP contribution in [0.3, 0.4) is 0 Å². The number of rotatable bonds is 2. The Hall–Kier alpha value is -2.08. The number of nitrogens with zero attached hydrogens (tertiary/aromatic N) is 1. The molecule has 0 spiro atoms. The molecular formula is C13H11F3N2O. The fraction of sp³-hybridized carbons (Fsp3) is 0.154. The van der Waals surface area contributed by atoms with Crippen LogP contribution in [0.1, 0.15) is 22.8 Å². The van der Waals surface area contributed by atoms with E-state index in [1.54, 1.807) is 13.0 Å². The van der Waals surface area contributed by atoms with Gasteiger partial charge < -0.3 is 10.8 Å². The number of aliphatic hydroxyl groups excluding tert-OH is 1. The lowest BCUT2D eigenvalue weighted by Gasteiger charge is -2.16. The number of nitrogen functional groups attached to an aromatic ring is 1. The van der Waals surface area contributed by atoms with E-state index in [-0.39, 0.29) is 16.9 Å². The van der Waals surface area contributed by atoms with Gasteiger partial charge in [0.25, 0.3) is 0 Å². The van der Waals surface area contributed by atoms with Crippen LogP contribution in [-0.2, 0) is 0 Å². The average molecular weight is 268 g/mol. The van der Waals surface area contributed by atoms with Crippen molar-refractivity contribution in [3.05, 3.63) is 58.5 Å². The number of halogens is 3. The summed E-state index contributed by atoms with van der Waals surface area (Å²) in [6.45, 7) is 1.65. The quantitative estimate of drug-likeness (QED) is 0.822. The smallest absolute Gasteiger partial charge is 0.194 e. The number of aliphatic hydroxyl groups is 1. The van der Waals surface area contributed by atoms with Gasteiger partial charge >= 0.3 is 0 Å². The first-order valence-electron chi connectivity index (χ1n) is 5.46. The minimum absolute atomic E-state index is 0.0108. The summed E-state index contributed by atoms with van der Waals surface area (Å²) >= 11 is 0. The maximum Gasteiger partial charge on any atom is 0.194 e. The van der Waals surface area contributed by atoms with E-state index < -0.39 is 23.6 Å². The zero-order valence-corrected chi connectivity index (χ0v) is 9.99. The van der Waals surface area contributed by atoms with E-state index in [4.69, 9.17) is 5.73 Å². The first-order valence-corrected chi connectivity index (χ1v) is 5.46. The number of hydrogen-bond donors (Lipinski definition) is 2. The number of pyridine rings is 1. The monoisotopic (exact) mass is 268 g/mol. The molecule has 100 valence electrons. The highest BCUT2D eigenvalue weighted by Crippen LogP contribution is 2.31. The predicted octanol–water partition coefficient (Wildman–Crippen LogP) is 2.47. The maximum absolute atomic E-state index is 13.6. The van der Waals surface area contributed by atoms with Crippen molar-refractivity contribution in [1.29, 1.82) is 0 Å². The molecule has 0 radical (unpaired) electrons. The molecule has 0 aliphatic carbocycles. The van der Waals surface area contributed by atoms with Crippen molar-refractivity contribution in [2.75, 3.05) is 5.73 Å². The van der Waals surface area contributed by atoms with Crippen LogP contribution in [0.25, 0.3) is 0 Å². The average Bonchev–Trinajstić information content (AvgIpc) is 2.35. The maximum atomic E-state index is 13.6. The molecule has 3 N–H and O–H groups in total. The van der Waals surface area contributed by atoms with E-state index in [0.717, 1.165) is 12.1 Å². The second-order valence-corrected chi connectivity index (χ2v) is 4.09. The summed E-state index contributed by atoms with van der Waals surface area (Å²) in [7, 11) is 0. The fourth-order valence-corrected chi connectivity index (χ4v) is 1.85. The lowest BCUT2D eigenvalue weighted by Crippen LogP contribution is -2.10. The molecular weight excluding hydrogens is 257 g/mol. The predicted molar refractivity (Wildman–Crippen MR) is 63.8 cm³/mol. The molecule has 1 unspecified atom stereocenters. The van der Waals surface area contributed by atoms with Gasteiger partial charge in [0.05, 0.1) is 0 Å². The molecule has 0 aliphatic heterocycles. The van der Waals surface area contributed by atoms with Gasteiger partial charge in [-0.3, -0.25) is 0 Å². The molecule has 0 bridgehead atoms. The van der Waals surface area contributed by atoms with E-state index in [1.165, 1.54) is 6.20 Å². The Labute approximate surface area is 107 Å². The Morgan fingerprint density at radius 2 is 1.84 bits per heavy atom. The lowest BCUT2D eigenvalue weighted by atomic mass is 9.97. The van der Waals surface area contributed by atoms with Crippen molar-refractivity contribution in [3.63, 3.8) is 0 Å². The van der Waals surface area contributed by atoms with Gasteiger partial charge in [-0.15, -0.1) is 0 Å². The second-order valence-electron chi connectivity index (χ2n) is 4.09. The SMILES string of the molecule is Cc1ccnc(N)c1C(O)c1ccc(F)c(F)c1F. The highest BCUT2D eigenvalue weighted by molar-refractivity contribution is 5.49. The molecule has 1 heterocycles. The van der Waals surface area contributed by atoms with Gasteiger partial charge in [0.1, 0.15) is 11.9 Å². The summed E-state index contributed by atoms with van der Waals surface area (Å²) < 4.78 is 39.6. The van der Waals surface area contributed by atoms with Crippen molar-refractivity contribution in [2.45, 2.75) is 13.0 Å². The van der Waals surface area contributed by atoms with Gasteiger partial charge in [-0.1, -0.05) is 6.07 Å². The van der Waals surface area contributed by atoms with Gasteiger partial charge in [-0.2, -0.15) is 0 Å². The first kappa shape index (κ1) is 13.4. The number of nitrogens with two attached hydrogens (primary N) is 1. The minimum atomic E-state index is -1.63. The summed E-state index contributed by atoms with van der Waals surface area (Å²) in [6, 6.07) is 3.30. The third-order valence-corrected chi connectivity index (χ3v) is 2.87. The molecule has 19 heavy (non-hydrogen) atoms. The summed E-state index contributed by atoms with van der Waals surface area (Å²) in [5.74, 6) is -4.37. The molecule has 1 aromatic carbocycles. The van der Waals surface area contributed by atoms with Crippen molar-refractivity contribution in [2.24, 2.45) is 0 Å². The molecule has 1 aromatic heterocycles. The largest absolute Gasteiger partial charge is 0.383 e. The molecule has 0 saturated carbocycles. The topological polar surface area (TPSA) is 59.1 Å². The van der Waals surface area contributed by atoms with Crippen LogP contribution in [0.2, 0.25) is 0 Å². The van der Waals surface area contributed by atoms with Gasteiger partial charge in [-0.25, -0.2) is 18.2 Å². The molecule has 0 saturated heterocycles. The Kier molecular flexibility index (Phi) is 3.44. The second kappa shape index (κ2) is 4.89. The molecule has 1 atom stereocenters. The highest BCUT2D eigenvalue weighted by atomic mass is 19.2. The number of benzene rings is 1. The van der Waals surface area contributed by atoms with Crippen LogP contribution in [0.5, 0.6) is 0 Å². The van der Waals surface area contributed by atoms with Crippen molar-refractivity contribution in [3.8, 4) is 0 Å². The number of aromatic nitrogens is 1. The van der Waals surface area contributed by atoms with E-state index in [0.29, 0.717) is 5.56 Å². The highest BCUT2D eigenvalue weighted by Gasteiger charge is 2.23. The summed E-state index contributed by atoms with van der Waals surface area (Å²) in [5.41, 5.74) is 5.98. The van der Waals surface area contributed by atoms with Crippen molar-refractivity contribution >= 4 is 5.82 Å². The number of aryl methyl sites for hydroxylation is 1. The van der Waals surface area contributed by atoms with Crippen LogP contribution < -0.4 is 5.73 Å². The van der Waals surface area contributed by atoms with Crippen LogP contribution in [-0.4, -0.2) is 10.1 Å². The Bertz CT molecular complexity index is 611. The van der Waals surface area contributed by atoms with Gasteiger partial charge in [0, 0.05) is 17.3 Å². The molecule has 2 aromatic rings. The summed E-state index contributed by atoms with van der Waals surface area (Å²) in [6.07, 6.45) is -0.0773. The normalized spacial score (nSPS) is 12.5. The molecule has 0 fully saturated rings. The molecule has 0 amide bonds. The van der Waals surface area contributed by atoms with E-state index in [9.17, 15) is 18.3 Å². The van der Waals surface area contributed by atoms with Crippen molar-refractivity contribution < 1.29 is 18.3 Å². The van der Waals surface area contributed by atoms with Crippen LogP contribution in [0, 0.1) is 24.4 Å². The molecule has 2 rings (SSSR count). The first-order chi connectivity index (χ1) is 8.93. The third kappa shape index (κ3) is 2.26. The Balaban J connectivity index is 2.57. The van der Waals surface area contributed by atoms with Crippen LogP contribution in [0.4, 0.5) is 19.0 Å². The Morgan fingerprint density at radius 3 is 2.47 bits per heavy atom. The zero-order chi connectivity index (χ0) is 14.2. The standard InChI is InChI=1S/C13H11F3N2O/c1-6-4-5-18-13(17)9(6)12(19)7-2-3-8(14)11(16)10(7)15/h2-5,12,19H,1H3,(H2,17,18). The summed E-state index contributed by atoms with van der Waals surface area (Å²) in [5, 5.41) is 10.1. The minimum Gasteiger partial charge on any atom is -0.383 e. The lowest BCUT2D eigenvalue weighted by molar-refractivity contribution is 0.212. The zero-order valence-electron chi connectivity index (χ0n) is 9.99. The number of anilines is 1. The van der Waals surface area contributed by atoms with Crippen LogP contribution >= 0.6 is 0 Å². The molecule has 0 aliphatic rings. The van der Waals surface area contributed by atoms with E-state index >= 15 is 0 Å². The van der Waals surface area contributed by atoms with E-state index in [2.05, 4.69) is 4.98 Å². The van der Waals surface area contributed by atoms with Gasteiger partial charge in [0.15, 0.2) is 17.5 Å². The van der Waals surface area contributed by atoms with Gasteiger partial charge in [0.2, 0.25) is 0 Å².